The first-order valence-corrected chi connectivity index (χ1v) is 16.6. The minimum absolute atomic E-state index is 0.0563. The minimum Gasteiger partial charge on any atom is -0.508 e. The van der Waals surface area contributed by atoms with Crippen LogP contribution >= 0.6 is 32.0 Å². The average Bonchev–Trinajstić information content (AvgIpc) is 3.41. The van der Waals surface area contributed by atoms with Crippen LogP contribution in [-0.2, 0) is 4.57 Å². The number of nitrogens with zero attached hydrogens (tertiary/aromatic N) is 1. The summed E-state index contributed by atoms with van der Waals surface area (Å²) in [6, 6.07) is 27.3. The zero-order valence-corrected chi connectivity index (χ0v) is 25.0. The molecule has 10 heteroatoms. The van der Waals surface area contributed by atoms with E-state index < -0.39 is 13.7 Å². The first-order chi connectivity index (χ1) is 19.7. The molecule has 6 nitrogen and oxygen atoms in total. The molecule has 41 heavy (non-hydrogen) atoms. The van der Waals surface area contributed by atoms with Gasteiger partial charge in [0.1, 0.15) is 11.6 Å². The number of phenols is 1. The molecule has 0 aromatic heterocycles. The average molecular weight is 614 g/mol. The van der Waals surface area contributed by atoms with Crippen molar-refractivity contribution in [3.05, 3.63) is 114 Å². The maximum atomic E-state index is 13.3. The van der Waals surface area contributed by atoms with Crippen molar-refractivity contribution in [1.82, 2.24) is 0 Å². The van der Waals surface area contributed by atoms with E-state index in [1.807, 2.05) is 42.5 Å². The van der Waals surface area contributed by atoms with E-state index in [0.29, 0.717) is 18.4 Å². The number of aliphatic hydroxyl groups is 1. The van der Waals surface area contributed by atoms with Gasteiger partial charge in [-0.25, -0.2) is 4.39 Å². The molecular weight excluding hydrogens is 580 g/mol. The maximum Gasteiger partial charge on any atom is 0.356 e. The molecule has 0 aliphatic carbocycles. The Balaban J connectivity index is 0.00000189. The van der Waals surface area contributed by atoms with Crippen molar-refractivity contribution in [2.75, 3.05) is 17.0 Å². The van der Waals surface area contributed by atoms with Crippen LogP contribution in [0.1, 0.15) is 36.1 Å². The Hall–Kier alpha value is -2.78. The van der Waals surface area contributed by atoms with Gasteiger partial charge in [-0.2, -0.15) is 12.6 Å². The van der Waals surface area contributed by atoms with Crippen LogP contribution < -0.4 is 10.2 Å². The normalized spacial score (nSPS) is 17.6. The van der Waals surface area contributed by atoms with Crippen LogP contribution in [0.3, 0.4) is 0 Å². The molecule has 0 spiro atoms. The molecule has 0 radical (unpaired) electrons. The highest BCUT2D eigenvalue weighted by atomic mass is 32.2. The zero-order valence-electron chi connectivity index (χ0n) is 22.4. The molecule has 1 aliphatic rings. The Bertz CT molecular complexity index is 1470. The molecule has 0 bridgehead atoms. The van der Waals surface area contributed by atoms with E-state index >= 15 is 0 Å². The fourth-order valence-corrected chi connectivity index (χ4v) is 6.99. The van der Waals surface area contributed by atoms with Gasteiger partial charge in [-0.05, 0) is 78.3 Å². The van der Waals surface area contributed by atoms with Crippen LogP contribution in [0, 0.1) is 5.82 Å². The van der Waals surface area contributed by atoms with Crippen molar-refractivity contribution in [2.24, 2.45) is 0 Å². The summed E-state index contributed by atoms with van der Waals surface area (Å²) in [5.41, 5.74) is 3.93. The number of halogens is 1. The molecule has 3 atom stereocenters. The highest BCUT2D eigenvalue weighted by Gasteiger charge is 2.37. The highest BCUT2D eigenvalue weighted by molar-refractivity contribution is 8.00. The number of aromatic hydroxyl groups is 1. The second kappa shape index (κ2) is 13.9. The van der Waals surface area contributed by atoms with E-state index in [9.17, 15) is 29.0 Å². The largest absolute Gasteiger partial charge is 0.508 e. The standard InChI is InChI=1S/C30H29FNO5PS.CH4S/c31-23-11-6-21(7-12-23)27(33)16-17-29-30(32(19-39-29)24-4-2-1-3-5-24)26-15-10-22(18-28(26)34)20-8-13-25(14-9-20)38(35,36)37;1-2/h1-15,18,27,29-30,33-34H,16-17,19H2,(H2,35,36,37);2H,1H3. The molecule has 5 rings (SSSR count). The summed E-state index contributed by atoms with van der Waals surface area (Å²) in [6.07, 6.45) is 2.15. The van der Waals surface area contributed by atoms with Crippen molar-refractivity contribution in [3.63, 3.8) is 0 Å². The van der Waals surface area contributed by atoms with Gasteiger partial charge < -0.3 is 24.9 Å². The number of aliphatic hydroxyl groups excluding tert-OH is 1. The lowest BCUT2D eigenvalue weighted by atomic mass is 9.93. The van der Waals surface area contributed by atoms with Gasteiger partial charge in [0.15, 0.2) is 0 Å². The van der Waals surface area contributed by atoms with Gasteiger partial charge in [-0.3, -0.25) is 4.57 Å². The second-order valence-electron chi connectivity index (χ2n) is 9.59. The highest BCUT2D eigenvalue weighted by Crippen LogP contribution is 2.48. The van der Waals surface area contributed by atoms with E-state index in [2.05, 4.69) is 17.5 Å². The van der Waals surface area contributed by atoms with Crippen molar-refractivity contribution >= 4 is 43.0 Å². The monoisotopic (exact) mass is 613 g/mol. The van der Waals surface area contributed by atoms with Gasteiger partial charge in [-0.1, -0.05) is 54.6 Å². The Morgan fingerprint density at radius 2 is 1.59 bits per heavy atom. The number of phenolic OH excluding ortho intramolecular Hbond substituents is 1. The Morgan fingerprint density at radius 3 is 2.20 bits per heavy atom. The maximum absolute atomic E-state index is 13.3. The van der Waals surface area contributed by atoms with Crippen LogP contribution in [0.25, 0.3) is 11.1 Å². The number of rotatable bonds is 8. The summed E-state index contributed by atoms with van der Waals surface area (Å²) < 4.78 is 24.8. The number of anilines is 1. The van der Waals surface area contributed by atoms with Gasteiger partial charge in [0, 0.05) is 16.5 Å². The third-order valence-electron chi connectivity index (χ3n) is 7.07. The Kier molecular flexibility index (Phi) is 10.6. The predicted molar refractivity (Wildman–Crippen MR) is 169 cm³/mol. The van der Waals surface area contributed by atoms with E-state index in [-0.39, 0.29) is 28.2 Å². The van der Waals surface area contributed by atoms with Crippen LogP contribution in [0.5, 0.6) is 5.75 Å². The van der Waals surface area contributed by atoms with E-state index in [1.54, 1.807) is 48.3 Å². The fourth-order valence-electron chi connectivity index (χ4n) is 5.01. The van der Waals surface area contributed by atoms with Crippen molar-refractivity contribution in [3.8, 4) is 16.9 Å². The molecule has 4 aromatic rings. The molecule has 1 saturated heterocycles. The summed E-state index contributed by atoms with van der Waals surface area (Å²) >= 11 is 5.30. The van der Waals surface area contributed by atoms with Crippen LogP contribution in [0.2, 0.25) is 0 Å². The summed E-state index contributed by atoms with van der Waals surface area (Å²) in [6.45, 7) is 0. The lowest BCUT2D eigenvalue weighted by molar-refractivity contribution is 0.163. The van der Waals surface area contributed by atoms with Crippen LogP contribution in [0.15, 0.2) is 97.1 Å². The summed E-state index contributed by atoms with van der Waals surface area (Å²) in [4.78, 5) is 21.0. The lowest BCUT2D eigenvalue weighted by Crippen LogP contribution is -2.27. The SMILES string of the molecule is CS.O=P(O)(O)c1ccc(-c2ccc(C3C(CCC(O)c4ccc(F)cc4)SCN3c3ccccc3)c(O)c2)cc1. The third-order valence-corrected chi connectivity index (χ3v) is 9.39. The van der Waals surface area contributed by atoms with E-state index in [1.165, 1.54) is 24.3 Å². The van der Waals surface area contributed by atoms with Gasteiger partial charge in [0.25, 0.3) is 0 Å². The number of hydrogen-bond acceptors (Lipinski definition) is 6. The Labute approximate surface area is 249 Å². The van der Waals surface area contributed by atoms with Gasteiger partial charge in [0.2, 0.25) is 0 Å². The number of thioether (sulfide) groups is 1. The summed E-state index contributed by atoms with van der Waals surface area (Å²) in [7, 11) is -4.33. The second-order valence-corrected chi connectivity index (χ2v) is 12.4. The molecule has 216 valence electrons. The smallest absolute Gasteiger partial charge is 0.356 e. The number of para-hydroxylation sites is 1. The molecule has 3 unspecified atom stereocenters. The fraction of sp³-hybridized carbons (Fsp3) is 0.226. The molecule has 4 aromatic carbocycles. The topological polar surface area (TPSA) is 101 Å². The summed E-state index contributed by atoms with van der Waals surface area (Å²) in [5.74, 6) is 0.508. The molecule has 1 heterocycles. The first-order valence-electron chi connectivity index (χ1n) is 13.0. The molecule has 1 fully saturated rings. The van der Waals surface area contributed by atoms with E-state index in [0.717, 1.165) is 28.3 Å². The molecule has 4 N–H and O–H groups in total. The summed E-state index contributed by atoms with van der Waals surface area (Å²) in [5, 5.41) is 22.0. The Morgan fingerprint density at radius 1 is 0.951 bits per heavy atom. The van der Waals surface area contributed by atoms with Crippen molar-refractivity contribution in [2.45, 2.75) is 30.2 Å². The van der Waals surface area contributed by atoms with Gasteiger partial charge in [0.05, 0.1) is 23.3 Å². The molecule has 1 aliphatic heterocycles. The lowest BCUT2D eigenvalue weighted by Gasteiger charge is -2.30. The number of benzene rings is 4. The molecule has 0 saturated carbocycles. The first kappa shape index (κ1) is 31.2. The number of thiol groups is 1. The van der Waals surface area contributed by atoms with Crippen LogP contribution in [-0.4, -0.2) is 37.4 Å². The zero-order chi connectivity index (χ0) is 29.6. The quantitative estimate of drug-likeness (QED) is 0.112. The molecular formula is C31H33FNO5PS2. The van der Waals surface area contributed by atoms with Gasteiger partial charge >= 0.3 is 7.60 Å². The number of hydrogen-bond donors (Lipinski definition) is 5. The van der Waals surface area contributed by atoms with E-state index in [4.69, 9.17) is 0 Å². The third kappa shape index (κ3) is 7.55. The molecule has 0 amide bonds. The predicted octanol–water partition coefficient (Wildman–Crippen LogP) is 6.68. The van der Waals surface area contributed by atoms with Crippen molar-refractivity contribution in [1.29, 1.82) is 0 Å². The van der Waals surface area contributed by atoms with Crippen molar-refractivity contribution < 1.29 is 29.0 Å². The van der Waals surface area contributed by atoms with Crippen LogP contribution in [0.4, 0.5) is 10.1 Å². The van der Waals surface area contributed by atoms with Gasteiger partial charge in [-0.15, -0.1) is 11.8 Å². The minimum atomic E-state index is -4.33.